The highest BCUT2D eigenvalue weighted by atomic mass is 79.9. The SMILES string of the molecule is Cc1ccc(Cl)cc1C(=O)N1CCC(CCBr)C1. The Kier molecular flexibility index (Phi) is 4.68. The number of halogens is 2. The molecule has 1 atom stereocenters. The number of carbonyl (C=O) groups excluding carboxylic acids is 1. The van der Waals surface area contributed by atoms with Crippen LogP contribution in [-0.2, 0) is 0 Å². The third-order valence-electron chi connectivity index (χ3n) is 3.52. The lowest BCUT2D eigenvalue weighted by Crippen LogP contribution is -2.29. The van der Waals surface area contributed by atoms with Gasteiger partial charge >= 0.3 is 0 Å². The number of amides is 1. The van der Waals surface area contributed by atoms with E-state index < -0.39 is 0 Å². The van der Waals surface area contributed by atoms with Crippen LogP contribution in [0.25, 0.3) is 0 Å². The van der Waals surface area contributed by atoms with Gasteiger partial charge in [0, 0.05) is 29.0 Å². The van der Waals surface area contributed by atoms with E-state index in [4.69, 9.17) is 11.6 Å². The monoisotopic (exact) mass is 329 g/mol. The van der Waals surface area contributed by atoms with E-state index in [0.717, 1.165) is 42.4 Å². The molecule has 0 radical (unpaired) electrons. The lowest BCUT2D eigenvalue weighted by atomic mass is 10.1. The van der Waals surface area contributed by atoms with Gasteiger partial charge in [-0.15, -0.1) is 0 Å². The summed E-state index contributed by atoms with van der Waals surface area (Å²) in [6.45, 7) is 3.69. The van der Waals surface area contributed by atoms with E-state index in [0.29, 0.717) is 10.9 Å². The molecule has 1 saturated heterocycles. The Hall–Kier alpha value is -0.540. The van der Waals surface area contributed by atoms with Crippen LogP contribution < -0.4 is 0 Å². The Balaban J connectivity index is 2.10. The van der Waals surface area contributed by atoms with Crippen LogP contribution in [0.5, 0.6) is 0 Å². The Morgan fingerprint density at radius 2 is 2.33 bits per heavy atom. The van der Waals surface area contributed by atoms with Crippen molar-refractivity contribution in [2.45, 2.75) is 19.8 Å². The third kappa shape index (κ3) is 3.07. The van der Waals surface area contributed by atoms with Crippen LogP contribution in [0.3, 0.4) is 0 Å². The fourth-order valence-electron chi connectivity index (χ4n) is 2.40. The molecule has 98 valence electrons. The van der Waals surface area contributed by atoms with Crippen LogP contribution in [0.1, 0.15) is 28.8 Å². The number of benzene rings is 1. The first-order valence-electron chi connectivity index (χ1n) is 6.23. The molecule has 2 rings (SSSR count). The van der Waals surface area contributed by atoms with Gasteiger partial charge < -0.3 is 4.90 Å². The average Bonchev–Trinajstić information content (AvgIpc) is 2.80. The summed E-state index contributed by atoms with van der Waals surface area (Å²) in [7, 11) is 0. The molecule has 0 aliphatic carbocycles. The first-order chi connectivity index (χ1) is 8.61. The molecule has 1 heterocycles. The van der Waals surface area contributed by atoms with E-state index in [9.17, 15) is 4.79 Å². The quantitative estimate of drug-likeness (QED) is 0.770. The van der Waals surface area contributed by atoms with E-state index in [1.54, 1.807) is 6.07 Å². The average molecular weight is 331 g/mol. The maximum absolute atomic E-state index is 12.4. The second-order valence-electron chi connectivity index (χ2n) is 4.84. The number of hydrogen-bond acceptors (Lipinski definition) is 1. The van der Waals surface area contributed by atoms with Crippen molar-refractivity contribution < 1.29 is 4.79 Å². The number of rotatable bonds is 3. The van der Waals surface area contributed by atoms with Crippen LogP contribution in [-0.4, -0.2) is 29.2 Å². The van der Waals surface area contributed by atoms with Crippen molar-refractivity contribution in [1.82, 2.24) is 4.90 Å². The van der Waals surface area contributed by atoms with Crippen molar-refractivity contribution in [3.05, 3.63) is 34.3 Å². The van der Waals surface area contributed by atoms with E-state index >= 15 is 0 Å². The molecule has 2 nitrogen and oxygen atoms in total. The highest BCUT2D eigenvalue weighted by molar-refractivity contribution is 9.09. The van der Waals surface area contributed by atoms with Crippen LogP contribution >= 0.6 is 27.5 Å². The van der Waals surface area contributed by atoms with Crippen LogP contribution in [0.15, 0.2) is 18.2 Å². The summed E-state index contributed by atoms with van der Waals surface area (Å²) < 4.78 is 0. The Morgan fingerprint density at radius 1 is 1.56 bits per heavy atom. The number of carbonyl (C=O) groups is 1. The summed E-state index contributed by atoms with van der Waals surface area (Å²) in [5.74, 6) is 0.750. The lowest BCUT2D eigenvalue weighted by Gasteiger charge is -2.18. The fourth-order valence-corrected chi connectivity index (χ4v) is 3.22. The number of alkyl halides is 1. The van der Waals surface area contributed by atoms with Crippen LogP contribution in [0.2, 0.25) is 5.02 Å². The predicted octanol–water partition coefficient (Wildman–Crippen LogP) is 3.90. The molecule has 0 aromatic heterocycles. The van der Waals surface area contributed by atoms with Gasteiger partial charge in [0.2, 0.25) is 0 Å². The van der Waals surface area contributed by atoms with Crippen molar-refractivity contribution >= 4 is 33.4 Å². The van der Waals surface area contributed by atoms with E-state index in [2.05, 4.69) is 15.9 Å². The summed E-state index contributed by atoms with van der Waals surface area (Å²) in [4.78, 5) is 14.4. The van der Waals surface area contributed by atoms with Crippen molar-refractivity contribution in [3.8, 4) is 0 Å². The minimum atomic E-state index is 0.118. The second-order valence-corrected chi connectivity index (χ2v) is 6.07. The highest BCUT2D eigenvalue weighted by Crippen LogP contribution is 2.24. The molecule has 1 amide bonds. The Morgan fingerprint density at radius 3 is 3.06 bits per heavy atom. The number of likely N-dealkylation sites (tertiary alicyclic amines) is 1. The zero-order valence-corrected chi connectivity index (χ0v) is 12.8. The predicted molar refractivity (Wildman–Crippen MR) is 78.6 cm³/mol. The van der Waals surface area contributed by atoms with E-state index in [-0.39, 0.29) is 5.91 Å². The Labute approximate surface area is 121 Å². The van der Waals surface area contributed by atoms with E-state index in [1.807, 2.05) is 24.0 Å². The third-order valence-corrected chi connectivity index (χ3v) is 4.21. The molecule has 0 N–H and O–H groups in total. The van der Waals surface area contributed by atoms with Gasteiger partial charge in [0.25, 0.3) is 5.91 Å². The Bertz CT molecular complexity index is 449. The largest absolute Gasteiger partial charge is 0.338 e. The molecule has 0 bridgehead atoms. The summed E-state index contributed by atoms with van der Waals surface area (Å²) in [6, 6.07) is 5.50. The highest BCUT2D eigenvalue weighted by Gasteiger charge is 2.27. The van der Waals surface area contributed by atoms with Crippen molar-refractivity contribution in [2.75, 3.05) is 18.4 Å². The molecule has 1 aliphatic heterocycles. The van der Waals surface area contributed by atoms with Gasteiger partial charge in [0.15, 0.2) is 0 Å². The molecule has 18 heavy (non-hydrogen) atoms. The first kappa shape index (κ1) is 13.9. The summed E-state index contributed by atoms with van der Waals surface area (Å²) in [6.07, 6.45) is 2.25. The maximum atomic E-state index is 12.4. The van der Waals surface area contributed by atoms with Crippen molar-refractivity contribution in [3.63, 3.8) is 0 Å². The molecule has 1 unspecified atom stereocenters. The van der Waals surface area contributed by atoms with Gasteiger partial charge in [-0.1, -0.05) is 33.6 Å². The maximum Gasteiger partial charge on any atom is 0.254 e. The van der Waals surface area contributed by atoms with Crippen molar-refractivity contribution in [2.24, 2.45) is 5.92 Å². The molecule has 1 aromatic carbocycles. The fraction of sp³-hybridized carbons (Fsp3) is 0.500. The van der Waals surface area contributed by atoms with Gasteiger partial charge in [-0.05, 0) is 43.4 Å². The first-order valence-corrected chi connectivity index (χ1v) is 7.73. The minimum absolute atomic E-state index is 0.118. The number of nitrogens with zero attached hydrogens (tertiary/aromatic N) is 1. The zero-order valence-electron chi connectivity index (χ0n) is 10.5. The number of aryl methyl sites for hydroxylation is 1. The van der Waals surface area contributed by atoms with Crippen LogP contribution in [0.4, 0.5) is 0 Å². The van der Waals surface area contributed by atoms with Crippen molar-refractivity contribution in [1.29, 1.82) is 0 Å². The number of hydrogen-bond donors (Lipinski definition) is 0. The molecular weight excluding hydrogens is 314 g/mol. The summed E-state index contributed by atoms with van der Waals surface area (Å²) in [5.41, 5.74) is 1.73. The van der Waals surface area contributed by atoms with Gasteiger partial charge in [-0.2, -0.15) is 0 Å². The molecular formula is C14H17BrClNO. The van der Waals surface area contributed by atoms with Gasteiger partial charge in [-0.25, -0.2) is 0 Å². The molecule has 0 saturated carbocycles. The zero-order chi connectivity index (χ0) is 13.1. The minimum Gasteiger partial charge on any atom is -0.338 e. The van der Waals surface area contributed by atoms with Gasteiger partial charge in [-0.3, -0.25) is 4.79 Å². The molecule has 1 aromatic rings. The molecule has 1 fully saturated rings. The normalized spacial score (nSPS) is 19.3. The smallest absolute Gasteiger partial charge is 0.254 e. The van der Waals surface area contributed by atoms with E-state index in [1.165, 1.54) is 0 Å². The summed E-state index contributed by atoms with van der Waals surface area (Å²) in [5, 5.41) is 1.63. The second kappa shape index (κ2) is 6.07. The molecule has 0 spiro atoms. The van der Waals surface area contributed by atoms with Gasteiger partial charge in [0.05, 0.1) is 0 Å². The summed E-state index contributed by atoms with van der Waals surface area (Å²) >= 11 is 9.43. The molecule has 4 heteroatoms. The lowest BCUT2D eigenvalue weighted by molar-refractivity contribution is 0.0786. The standard InChI is InChI=1S/C14H17BrClNO/c1-10-2-3-12(16)8-13(10)14(18)17-7-5-11(9-17)4-6-15/h2-3,8,11H,4-7,9H2,1H3. The molecule has 1 aliphatic rings. The van der Waals surface area contributed by atoms with Gasteiger partial charge in [0.1, 0.15) is 0 Å². The van der Waals surface area contributed by atoms with Crippen LogP contribution in [0, 0.1) is 12.8 Å². The topological polar surface area (TPSA) is 20.3 Å².